The van der Waals surface area contributed by atoms with E-state index in [-0.39, 0.29) is 11.8 Å². The molecule has 0 fully saturated rings. The van der Waals surface area contributed by atoms with Crippen molar-refractivity contribution in [1.82, 2.24) is 0 Å². The van der Waals surface area contributed by atoms with Crippen LogP contribution in [0.1, 0.15) is 37.0 Å². The van der Waals surface area contributed by atoms with Crippen LogP contribution >= 0.6 is 0 Å². The zero-order valence-corrected chi connectivity index (χ0v) is 12.2. The van der Waals surface area contributed by atoms with Crippen LogP contribution in [0.2, 0.25) is 0 Å². The fourth-order valence-corrected chi connectivity index (χ4v) is 2.19. The topological polar surface area (TPSA) is 40.5 Å². The third kappa shape index (κ3) is 3.03. The van der Waals surface area contributed by atoms with Gasteiger partial charge in [-0.05, 0) is 36.6 Å². The SMILES string of the molecule is Cc1cc(N(C)C)c(C(C)(C)CC(=O)O)cc1C. The fourth-order valence-electron chi connectivity index (χ4n) is 2.19. The average molecular weight is 249 g/mol. The van der Waals surface area contributed by atoms with Gasteiger partial charge in [-0.25, -0.2) is 0 Å². The molecule has 0 atom stereocenters. The molecule has 18 heavy (non-hydrogen) atoms. The maximum atomic E-state index is 11.0. The van der Waals surface area contributed by atoms with Gasteiger partial charge in [0.15, 0.2) is 0 Å². The first-order valence-electron chi connectivity index (χ1n) is 6.16. The maximum absolute atomic E-state index is 11.0. The first-order valence-corrected chi connectivity index (χ1v) is 6.16. The molecule has 0 heterocycles. The van der Waals surface area contributed by atoms with Crippen LogP contribution in [-0.2, 0) is 10.2 Å². The van der Waals surface area contributed by atoms with E-state index in [1.807, 2.05) is 32.8 Å². The number of rotatable bonds is 4. The van der Waals surface area contributed by atoms with Crippen molar-refractivity contribution in [1.29, 1.82) is 0 Å². The number of carboxylic acids is 1. The average Bonchev–Trinajstić information content (AvgIpc) is 2.18. The molecular weight excluding hydrogens is 226 g/mol. The van der Waals surface area contributed by atoms with E-state index >= 15 is 0 Å². The van der Waals surface area contributed by atoms with Gasteiger partial charge < -0.3 is 10.0 Å². The summed E-state index contributed by atoms with van der Waals surface area (Å²) in [4.78, 5) is 13.1. The molecule has 1 rings (SSSR count). The molecule has 1 aromatic rings. The normalized spacial score (nSPS) is 11.4. The molecule has 0 aliphatic carbocycles. The molecule has 0 saturated carbocycles. The van der Waals surface area contributed by atoms with Crippen molar-refractivity contribution < 1.29 is 9.90 Å². The minimum Gasteiger partial charge on any atom is -0.481 e. The number of aliphatic carboxylic acids is 1. The molecule has 0 aromatic heterocycles. The van der Waals surface area contributed by atoms with Crippen LogP contribution in [0.5, 0.6) is 0 Å². The Bertz CT molecular complexity index is 462. The summed E-state index contributed by atoms with van der Waals surface area (Å²) in [7, 11) is 3.98. The molecule has 0 saturated heterocycles. The summed E-state index contributed by atoms with van der Waals surface area (Å²) in [5.41, 5.74) is 4.26. The van der Waals surface area contributed by atoms with Gasteiger partial charge in [0, 0.05) is 25.2 Å². The Balaban J connectivity index is 3.37. The van der Waals surface area contributed by atoms with Crippen molar-refractivity contribution >= 4 is 11.7 Å². The van der Waals surface area contributed by atoms with Crippen molar-refractivity contribution in [3.63, 3.8) is 0 Å². The van der Waals surface area contributed by atoms with Gasteiger partial charge in [0.2, 0.25) is 0 Å². The van der Waals surface area contributed by atoms with Gasteiger partial charge in [-0.15, -0.1) is 0 Å². The summed E-state index contributed by atoms with van der Waals surface area (Å²) in [6.07, 6.45) is 0.135. The van der Waals surface area contributed by atoms with Crippen LogP contribution in [0, 0.1) is 13.8 Å². The highest BCUT2D eigenvalue weighted by atomic mass is 16.4. The van der Waals surface area contributed by atoms with E-state index in [0.29, 0.717) is 0 Å². The van der Waals surface area contributed by atoms with Gasteiger partial charge in [0.25, 0.3) is 0 Å². The first kappa shape index (κ1) is 14.6. The summed E-state index contributed by atoms with van der Waals surface area (Å²) >= 11 is 0. The molecule has 0 aliphatic heterocycles. The second kappa shape index (κ2) is 5.01. The van der Waals surface area contributed by atoms with Crippen LogP contribution < -0.4 is 4.90 Å². The van der Waals surface area contributed by atoms with E-state index in [0.717, 1.165) is 11.3 Å². The number of nitrogens with zero attached hydrogens (tertiary/aromatic N) is 1. The largest absolute Gasteiger partial charge is 0.481 e. The van der Waals surface area contributed by atoms with Crippen LogP contribution in [0.15, 0.2) is 12.1 Å². The zero-order chi connectivity index (χ0) is 14.1. The van der Waals surface area contributed by atoms with E-state index in [4.69, 9.17) is 5.11 Å². The number of hydrogen-bond donors (Lipinski definition) is 1. The smallest absolute Gasteiger partial charge is 0.304 e. The minimum absolute atomic E-state index is 0.135. The molecule has 3 heteroatoms. The second-order valence-electron chi connectivity index (χ2n) is 5.80. The maximum Gasteiger partial charge on any atom is 0.304 e. The molecule has 0 radical (unpaired) electrons. The Labute approximate surface area is 109 Å². The van der Waals surface area contributed by atoms with Crippen molar-refractivity contribution in [2.75, 3.05) is 19.0 Å². The molecule has 0 amide bonds. The third-order valence-electron chi connectivity index (χ3n) is 3.42. The summed E-state index contributed by atoms with van der Waals surface area (Å²) in [6.45, 7) is 8.11. The van der Waals surface area contributed by atoms with Gasteiger partial charge in [-0.2, -0.15) is 0 Å². The number of carboxylic acid groups (broad SMARTS) is 1. The Morgan fingerprint density at radius 1 is 1.22 bits per heavy atom. The highest BCUT2D eigenvalue weighted by Gasteiger charge is 2.27. The van der Waals surface area contributed by atoms with Gasteiger partial charge in [-0.3, -0.25) is 4.79 Å². The highest BCUT2D eigenvalue weighted by Crippen LogP contribution is 2.36. The number of anilines is 1. The van der Waals surface area contributed by atoms with Crippen molar-refractivity contribution in [2.24, 2.45) is 0 Å². The number of aryl methyl sites for hydroxylation is 2. The monoisotopic (exact) mass is 249 g/mol. The Morgan fingerprint density at radius 2 is 1.72 bits per heavy atom. The number of benzene rings is 1. The van der Waals surface area contributed by atoms with Gasteiger partial charge >= 0.3 is 5.97 Å². The summed E-state index contributed by atoms with van der Waals surface area (Å²) in [5.74, 6) is -0.761. The van der Waals surface area contributed by atoms with E-state index in [9.17, 15) is 4.79 Å². The number of hydrogen-bond acceptors (Lipinski definition) is 2. The lowest BCUT2D eigenvalue weighted by Gasteiger charge is -2.30. The van der Waals surface area contributed by atoms with Crippen molar-refractivity contribution in [3.05, 3.63) is 28.8 Å². The molecular formula is C15H23NO2. The van der Waals surface area contributed by atoms with Crippen molar-refractivity contribution in [2.45, 2.75) is 39.5 Å². The Kier molecular flexibility index (Phi) is 4.05. The van der Waals surface area contributed by atoms with Gasteiger partial charge in [-0.1, -0.05) is 19.9 Å². The standard InChI is InChI=1S/C15H23NO2/c1-10-7-12(15(3,4)9-14(17)18)13(16(5)6)8-11(10)2/h7-8H,9H2,1-6H3,(H,17,18). The second-order valence-corrected chi connectivity index (χ2v) is 5.80. The van der Waals surface area contributed by atoms with E-state index in [1.165, 1.54) is 11.1 Å². The lowest BCUT2D eigenvalue weighted by Crippen LogP contribution is -2.25. The Morgan fingerprint density at radius 3 is 2.17 bits per heavy atom. The molecule has 100 valence electrons. The van der Waals surface area contributed by atoms with Gasteiger partial charge in [0.05, 0.1) is 6.42 Å². The van der Waals surface area contributed by atoms with Crippen LogP contribution in [0.4, 0.5) is 5.69 Å². The third-order valence-corrected chi connectivity index (χ3v) is 3.42. The minimum atomic E-state index is -0.761. The fraction of sp³-hybridized carbons (Fsp3) is 0.533. The molecule has 1 N–H and O–H groups in total. The lowest BCUT2D eigenvalue weighted by molar-refractivity contribution is -0.138. The molecule has 0 unspecified atom stereocenters. The van der Waals surface area contributed by atoms with Crippen LogP contribution in [-0.4, -0.2) is 25.2 Å². The zero-order valence-electron chi connectivity index (χ0n) is 12.2. The quantitative estimate of drug-likeness (QED) is 0.891. The predicted molar refractivity (Wildman–Crippen MR) is 75.5 cm³/mol. The van der Waals surface area contributed by atoms with Crippen molar-refractivity contribution in [3.8, 4) is 0 Å². The van der Waals surface area contributed by atoms with Gasteiger partial charge in [0.1, 0.15) is 0 Å². The highest BCUT2D eigenvalue weighted by molar-refractivity contribution is 5.70. The van der Waals surface area contributed by atoms with E-state index in [1.54, 1.807) is 0 Å². The summed E-state index contributed by atoms with van der Waals surface area (Å²) in [5, 5.41) is 9.05. The van der Waals surface area contributed by atoms with E-state index < -0.39 is 5.97 Å². The molecule has 0 spiro atoms. The summed E-state index contributed by atoms with van der Waals surface area (Å²) in [6, 6.07) is 4.25. The van der Waals surface area contributed by atoms with E-state index in [2.05, 4.69) is 26.0 Å². The first-order chi connectivity index (χ1) is 8.15. The number of carbonyl (C=O) groups is 1. The van der Waals surface area contributed by atoms with Crippen LogP contribution in [0.3, 0.4) is 0 Å². The Hall–Kier alpha value is -1.51. The summed E-state index contributed by atoms with van der Waals surface area (Å²) < 4.78 is 0. The molecule has 0 aliphatic rings. The molecule has 0 bridgehead atoms. The predicted octanol–water partition coefficient (Wildman–Crippen LogP) is 3.12. The van der Waals surface area contributed by atoms with Crippen LogP contribution in [0.25, 0.3) is 0 Å². The molecule has 3 nitrogen and oxygen atoms in total. The molecule has 1 aromatic carbocycles. The lowest BCUT2D eigenvalue weighted by atomic mass is 9.79.